The third-order valence-corrected chi connectivity index (χ3v) is 1.13. The van der Waals surface area contributed by atoms with Crippen LogP contribution in [0.3, 0.4) is 0 Å². The number of imidazole rings is 1. The van der Waals surface area contributed by atoms with Crippen molar-refractivity contribution in [3.05, 3.63) is 17.7 Å². The topological polar surface area (TPSA) is 52.1 Å². The molecule has 0 bridgehead atoms. The van der Waals surface area contributed by atoms with E-state index in [4.69, 9.17) is 5.11 Å². The molecule has 0 fully saturated rings. The first kappa shape index (κ1) is 5.94. The molecule has 50 valence electrons. The molecule has 0 saturated carbocycles. The Bertz CT molecular complexity index is 207. The standard InChI is InChI=1S/C5H8N2O2/c1-2-6-4-7(9)3-5(6)8/h3-4,8H,2H2,1H3. The molecule has 1 N–H and O–H groups in total. The van der Waals surface area contributed by atoms with Gasteiger partial charge in [-0.2, -0.15) is 4.57 Å². The summed E-state index contributed by atoms with van der Waals surface area (Å²) in [5.41, 5.74) is 0. The third kappa shape index (κ3) is 0.960. The molecular formula is C5H8N2O2. The van der Waals surface area contributed by atoms with Crippen LogP contribution in [0.15, 0.2) is 12.5 Å². The Morgan fingerprint density at radius 2 is 2.56 bits per heavy atom. The Morgan fingerprint density at radius 1 is 1.89 bits per heavy atom. The van der Waals surface area contributed by atoms with Crippen molar-refractivity contribution < 1.29 is 9.84 Å². The van der Waals surface area contributed by atoms with Gasteiger partial charge >= 0.3 is 5.88 Å². The molecule has 0 unspecified atom stereocenters. The summed E-state index contributed by atoms with van der Waals surface area (Å²) in [6.45, 7) is 2.46. The molecule has 0 radical (unpaired) electrons. The number of aromatic nitrogens is 2. The summed E-state index contributed by atoms with van der Waals surface area (Å²) in [4.78, 5) is 0. The SMILES string of the molecule is CCn1c[n+]([O-])cc1O. The molecule has 1 heterocycles. The molecule has 0 aliphatic carbocycles. The monoisotopic (exact) mass is 128 g/mol. The molecule has 9 heavy (non-hydrogen) atoms. The molecule has 4 heteroatoms. The normalized spacial score (nSPS) is 9.89. The van der Waals surface area contributed by atoms with Gasteiger partial charge in [0.1, 0.15) is 0 Å². The van der Waals surface area contributed by atoms with Gasteiger partial charge in [-0.3, -0.25) is 0 Å². The molecule has 4 nitrogen and oxygen atoms in total. The maximum atomic E-state index is 10.4. The van der Waals surface area contributed by atoms with Gasteiger partial charge in [-0.25, -0.2) is 4.73 Å². The van der Waals surface area contributed by atoms with Gasteiger partial charge in [0.15, 0.2) is 6.20 Å². The van der Waals surface area contributed by atoms with Crippen molar-refractivity contribution in [1.82, 2.24) is 4.57 Å². The van der Waals surface area contributed by atoms with E-state index in [-0.39, 0.29) is 5.88 Å². The Morgan fingerprint density at radius 3 is 2.78 bits per heavy atom. The summed E-state index contributed by atoms with van der Waals surface area (Å²) in [5, 5.41) is 19.3. The highest BCUT2D eigenvalue weighted by Gasteiger charge is 2.03. The highest BCUT2D eigenvalue weighted by molar-refractivity contribution is 4.97. The fourth-order valence-electron chi connectivity index (χ4n) is 0.661. The van der Waals surface area contributed by atoms with Gasteiger partial charge in [-0.05, 0) is 6.92 Å². The van der Waals surface area contributed by atoms with E-state index in [1.54, 1.807) is 0 Å². The quantitative estimate of drug-likeness (QED) is 0.422. The predicted molar refractivity (Wildman–Crippen MR) is 30.7 cm³/mol. The van der Waals surface area contributed by atoms with Crippen LogP contribution in [0, 0.1) is 5.21 Å². The average molecular weight is 128 g/mol. The summed E-state index contributed by atoms with van der Waals surface area (Å²) >= 11 is 0. The number of hydrogen-bond donors (Lipinski definition) is 1. The van der Waals surface area contributed by atoms with Crippen molar-refractivity contribution in [3.63, 3.8) is 0 Å². The third-order valence-electron chi connectivity index (χ3n) is 1.13. The number of hydrogen-bond acceptors (Lipinski definition) is 2. The van der Waals surface area contributed by atoms with Crippen LogP contribution in [0.4, 0.5) is 0 Å². The lowest BCUT2D eigenvalue weighted by Crippen LogP contribution is -2.21. The minimum absolute atomic E-state index is 0.00694. The first-order chi connectivity index (χ1) is 4.24. The summed E-state index contributed by atoms with van der Waals surface area (Å²) in [7, 11) is 0. The molecular weight excluding hydrogens is 120 g/mol. The molecule has 1 aromatic heterocycles. The number of rotatable bonds is 1. The van der Waals surface area contributed by atoms with E-state index in [0.717, 1.165) is 6.20 Å². The van der Waals surface area contributed by atoms with Crippen molar-refractivity contribution in [1.29, 1.82) is 0 Å². The van der Waals surface area contributed by atoms with Gasteiger partial charge in [0.25, 0.3) is 0 Å². The lowest BCUT2D eigenvalue weighted by molar-refractivity contribution is -0.605. The second-order valence-corrected chi connectivity index (χ2v) is 1.75. The fourth-order valence-corrected chi connectivity index (χ4v) is 0.661. The van der Waals surface area contributed by atoms with Gasteiger partial charge in [0.05, 0.1) is 6.54 Å². The van der Waals surface area contributed by atoms with Crippen molar-refractivity contribution in [3.8, 4) is 5.88 Å². The Hall–Kier alpha value is -1.19. The van der Waals surface area contributed by atoms with Gasteiger partial charge in [0, 0.05) is 0 Å². The zero-order chi connectivity index (χ0) is 6.85. The van der Waals surface area contributed by atoms with Crippen LogP contribution in [-0.4, -0.2) is 9.67 Å². The first-order valence-corrected chi connectivity index (χ1v) is 2.72. The van der Waals surface area contributed by atoms with E-state index >= 15 is 0 Å². The van der Waals surface area contributed by atoms with E-state index in [0.29, 0.717) is 11.3 Å². The highest BCUT2D eigenvalue weighted by atomic mass is 16.5. The van der Waals surface area contributed by atoms with Crippen molar-refractivity contribution in [2.45, 2.75) is 13.5 Å². The smallest absolute Gasteiger partial charge is 0.322 e. The Labute approximate surface area is 52.6 Å². The van der Waals surface area contributed by atoms with Crippen LogP contribution in [0.2, 0.25) is 0 Å². The van der Waals surface area contributed by atoms with E-state index in [1.165, 1.54) is 10.9 Å². The van der Waals surface area contributed by atoms with Crippen molar-refractivity contribution in [2.24, 2.45) is 0 Å². The van der Waals surface area contributed by atoms with Gasteiger partial charge < -0.3 is 10.3 Å². The molecule has 1 aromatic rings. The van der Waals surface area contributed by atoms with Crippen molar-refractivity contribution >= 4 is 0 Å². The number of aryl methyl sites for hydroxylation is 1. The molecule has 0 aliphatic rings. The van der Waals surface area contributed by atoms with E-state index in [1.807, 2.05) is 6.92 Å². The fraction of sp³-hybridized carbons (Fsp3) is 0.400. The minimum Gasteiger partial charge on any atom is -0.711 e. The van der Waals surface area contributed by atoms with E-state index in [2.05, 4.69) is 0 Å². The second kappa shape index (κ2) is 1.97. The average Bonchev–Trinajstić information content (AvgIpc) is 2.10. The van der Waals surface area contributed by atoms with Gasteiger partial charge in [-0.1, -0.05) is 0 Å². The van der Waals surface area contributed by atoms with Crippen LogP contribution < -0.4 is 4.73 Å². The van der Waals surface area contributed by atoms with Crippen LogP contribution in [0.1, 0.15) is 6.92 Å². The van der Waals surface area contributed by atoms with E-state index < -0.39 is 0 Å². The Balaban J connectivity index is 3.01. The number of nitrogens with zero attached hydrogens (tertiary/aromatic N) is 2. The molecule has 1 rings (SSSR count). The molecule has 0 aromatic carbocycles. The summed E-state index contributed by atoms with van der Waals surface area (Å²) < 4.78 is 2.02. The van der Waals surface area contributed by atoms with Crippen LogP contribution in [0.25, 0.3) is 0 Å². The Kier molecular flexibility index (Phi) is 1.30. The summed E-state index contributed by atoms with van der Waals surface area (Å²) in [6.07, 6.45) is 2.40. The predicted octanol–water partition coefficient (Wildman–Crippen LogP) is -0.153. The van der Waals surface area contributed by atoms with Crippen molar-refractivity contribution in [2.75, 3.05) is 0 Å². The highest BCUT2D eigenvalue weighted by Crippen LogP contribution is 2.02. The summed E-state index contributed by atoms with van der Waals surface area (Å²) in [5.74, 6) is 0.00694. The van der Waals surface area contributed by atoms with Crippen LogP contribution in [0.5, 0.6) is 5.88 Å². The number of aromatic hydroxyl groups is 1. The maximum Gasteiger partial charge on any atom is 0.322 e. The maximum absolute atomic E-state index is 10.4. The second-order valence-electron chi connectivity index (χ2n) is 1.75. The van der Waals surface area contributed by atoms with Crippen LogP contribution in [-0.2, 0) is 6.54 Å². The zero-order valence-electron chi connectivity index (χ0n) is 5.11. The zero-order valence-corrected chi connectivity index (χ0v) is 5.11. The van der Waals surface area contributed by atoms with E-state index in [9.17, 15) is 5.21 Å². The largest absolute Gasteiger partial charge is 0.711 e. The first-order valence-electron chi connectivity index (χ1n) is 2.72. The summed E-state index contributed by atoms with van der Waals surface area (Å²) in [6, 6.07) is 0. The van der Waals surface area contributed by atoms with Crippen LogP contribution >= 0.6 is 0 Å². The lowest BCUT2D eigenvalue weighted by atomic mass is 10.7. The molecule has 0 amide bonds. The molecule has 0 spiro atoms. The molecule has 0 atom stereocenters. The molecule has 0 saturated heterocycles. The lowest BCUT2D eigenvalue weighted by Gasteiger charge is -1.88. The molecule has 0 aliphatic heterocycles. The van der Waals surface area contributed by atoms with Gasteiger partial charge in [-0.15, -0.1) is 0 Å². The minimum atomic E-state index is 0.00694. The van der Waals surface area contributed by atoms with Gasteiger partial charge in [0.2, 0.25) is 6.33 Å².